The third-order valence-electron chi connectivity index (χ3n) is 2.65. The summed E-state index contributed by atoms with van der Waals surface area (Å²) < 4.78 is 30.7. The lowest BCUT2D eigenvalue weighted by Gasteiger charge is -2.15. The molecule has 0 aliphatic heterocycles. The second-order valence-electron chi connectivity index (χ2n) is 3.94. The first kappa shape index (κ1) is 15.4. The highest BCUT2D eigenvalue weighted by atomic mass is 35.5. The van der Waals surface area contributed by atoms with Gasteiger partial charge in [0.2, 0.25) is 0 Å². The summed E-state index contributed by atoms with van der Waals surface area (Å²) in [6.45, 7) is 2.64. The summed E-state index contributed by atoms with van der Waals surface area (Å²) in [5, 5.41) is 6.50. The molecule has 0 aromatic carbocycles. The van der Waals surface area contributed by atoms with Crippen LogP contribution in [0.4, 0.5) is 0 Å². The van der Waals surface area contributed by atoms with Crippen LogP contribution in [-0.2, 0) is 20.6 Å². The largest absolute Gasteiger partial charge is 0.385 e. The fourth-order valence-corrected chi connectivity index (χ4v) is 3.27. The molecule has 6 nitrogen and oxygen atoms in total. The third kappa shape index (κ3) is 3.23. The highest BCUT2D eigenvalue weighted by Crippen LogP contribution is 2.21. The van der Waals surface area contributed by atoms with Crippen molar-refractivity contribution in [2.45, 2.75) is 24.3 Å². The van der Waals surface area contributed by atoms with Gasteiger partial charge in [0.05, 0.1) is 5.88 Å². The second kappa shape index (κ2) is 6.51. The molecule has 0 fully saturated rings. The van der Waals surface area contributed by atoms with Gasteiger partial charge in [-0.2, -0.15) is 9.40 Å². The average Bonchev–Trinajstić information content (AvgIpc) is 2.71. The summed E-state index contributed by atoms with van der Waals surface area (Å²) in [6, 6.07) is 0. The van der Waals surface area contributed by atoms with Crippen molar-refractivity contribution >= 4 is 21.6 Å². The molecule has 0 amide bonds. The van der Waals surface area contributed by atoms with E-state index < -0.39 is 10.0 Å². The average molecular weight is 296 g/mol. The number of methoxy groups -OCH3 is 1. The Bertz CT molecular complexity index is 487. The number of nitrogens with one attached hydrogen (secondary N) is 1. The maximum atomic E-state index is 12.3. The lowest BCUT2D eigenvalue weighted by molar-refractivity contribution is 0.189. The zero-order chi connectivity index (χ0) is 13.8. The molecule has 18 heavy (non-hydrogen) atoms. The zero-order valence-corrected chi connectivity index (χ0v) is 12.3. The minimum absolute atomic E-state index is 0.00918. The highest BCUT2D eigenvalue weighted by molar-refractivity contribution is 7.89. The smallest absolute Gasteiger partial charge is 0.262 e. The summed E-state index contributed by atoms with van der Waals surface area (Å²) in [4.78, 5) is 0. The van der Waals surface area contributed by atoms with Crippen molar-refractivity contribution < 1.29 is 13.2 Å². The van der Waals surface area contributed by atoms with E-state index in [2.05, 4.69) is 10.2 Å². The van der Waals surface area contributed by atoms with Crippen molar-refractivity contribution in [2.24, 2.45) is 0 Å². The predicted molar refractivity (Wildman–Crippen MR) is 69.2 cm³/mol. The lowest BCUT2D eigenvalue weighted by atomic mass is 10.3. The molecule has 0 saturated carbocycles. The Morgan fingerprint density at radius 3 is 2.72 bits per heavy atom. The Morgan fingerprint density at radius 1 is 1.50 bits per heavy atom. The van der Waals surface area contributed by atoms with E-state index in [0.29, 0.717) is 30.8 Å². The number of aromatic nitrogens is 2. The van der Waals surface area contributed by atoms with Crippen molar-refractivity contribution in [1.29, 1.82) is 0 Å². The van der Waals surface area contributed by atoms with Gasteiger partial charge in [-0.3, -0.25) is 5.10 Å². The van der Waals surface area contributed by atoms with Crippen LogP contribution < -0.4 is 0 Å². The van der Waals surface area contributed by atoms with Gasteiger partial charge >= 0.3 is 0 Å². The van der Waals surface area contributed by atoms with Gasteiger partial charge in [0.1, 0.15) is 0 Å². The number of halogens is 1. The third-order valence-corrected chi connectivity index (χ3v) is 4.74. The van der Waals surface area contributed by atoms with Crippen LogP contribution in [0.15, 0.2) is 5.03 Å². The monoisotopic (exact) mass is 295 g/mol. The molecular formula is C10H18ClN3O3S. The molecule has 0 saturated heterocycles. The number of hydrogen-bond acceptors (Lipinski definition) is 4. The molecule has 1 N–H and O–H groups in total. The molecule has 0 spiro atoms. The van der Waals surface area contributed by atoms with E-state index in [4.69, 9.17) is 16.3 Å². The molecule has 8 heteroatoms. The SMILES string of the molecule is COCCCN(C)S(=O)(=O)c1n[nH]c(C)c1CCl. The van der Waals surface area contributed by atoms with Gasteiger partial charge in [-0.1, -0.05) is 0 Å². The number of aryl methyl sites for hydroxylation is 1. The van der Waals surface area contributed by atoms with Crippen molar-refractivity contribution in [2.75, 3.05) is 27.3 Å². The Kier molecular flexibility index (Phi) is 5.58. The van der Waals surface area contributed by atoms with Crippen molar-refractivity contribution in [3.8, 4) is 0 Å². The standard InChI is InChI=1S/C10H18ClN3O3S/c1-8-9(7-11)10(13-12-8)18(15,16)14(2)5-4-6-17-3/h4-7H2,1-3H3,(H,12,13). The number of alkyl halides is 1. The van der Waals surface area contributed by atoms with Crippen molar-refractivity contribution in [1.82, 2.24) is 14.5 Å². The quantitative estimate of drug-likeness (QED) is 0.604. The molecular weight excluding hydrogens is 278 g/mol. The lowest BCUT2D eigenvalue weighted by Crippen LogP contribution is -2.29. The fourth-order valence-electron chi connectivity index (χ4n) is 1.50. The topological polar surface area (TPSA) is 75.3 Å². The van der Waals surface area contributed by atoms with Crippen LogP contribution in [0.2, 0.25) is 0 Å². The maximum Gasteiger partial charge on any atom is 0.262 e. The van der Waals surface area contributed by atoms with Crippen molar-refractivity contribution in [3.63, 3.8) is 0 Å². The van der Waals surface area contributed by atoms with Gasteiger partial charge in [-0.15, -0.1) is 11.6 Å². The Morgan fingerprint density at radius 2 is 2.17 bits per heavy atom. The van der Waals surface area contributed by atoms with E-state index >= 15 is 0 Å². The number of rotatable bonds is 7. The second-order valence-corrected chi connectivity index (χ2v) is 6.17. The fraction of sp³-hybridized carbons (Fsp3) is 0.700. The van der Waals surface area contributed by atoms with Crippen LogP contribution in [0, 0.1) is 6.92 Å². The van der Waals surface area contributed by atoms with Gasteiger partial charge in [-0.05, 0) is 13.3 Å². The first-order chi connectivity index (χ1) is 8.45. The summed E-state index contributed by atoms with van der Waals surface area (Å²) in [7, 11) is -0.489. The van der Waals surface area contributed by atoms with Crippen LogP contribution >= 0.6 is 11.6 Å². The van der Waals surface area contributed by atoms with Crippen LogP contribution in [0.25, 0.3) is 0 Å². The molecule has 0 aliphatic carbocycles. The van der Waals surface area contributed by atoms with E-state index in [0.717, 1.165) is 0 Å². The molecule has 0 atom stereocenters. The maximum absolute atomic E-state index is 12.3. The zero-order valence-electron chi connectivity index (χ0n) is 10.7. The highest BCUT2D eigenvalue weighted by Gasteiger charge is 2.27. The summed E-state index contributed by atoms with van der Waals surface area (Å²) in [6.07, 6.45) is 0.631. The van der Waals surface area contributed by atoms with Crippen LogP contribution in [0.1, 0.15) is 17.7 Å². The summed E-state index contributed by atoms with van der Waals surface area (Å²) in [5.74, 6) is 0.114. The van der Waals surface area contributed by atoms with E-state index in [1.807, 2.05) is 0 Å². The molecule has 1 aromatic rings. The molecule has 0 unspecified atom stereocenters. The number of nitrogens with zero attached hydrogens (tertiary/aromatic N) is 2. The predicted octanol–water partition coefficient (Wildman–Crippen LogP) is 1.11. The van der Waals surface area contributed by atoms with Crippen LogP contribution in [0.5, 0.6) is 0 Å². The van der Waals surface area contributed by atoms with Gasteiger partial charge < -0.3 is 4.74 Å². The van der Waals surface area contributed by atoms with Gasteiger partial charge in [0.15, 0.2) is 5.03 Å². The van der Waals surface area contributed by atoms with Gasteiger partial charge in [0.25, 0.3) is 10.0 Å². The molecule has 1 heterocycles. The summed E-state index contributed by atoms with van der Waals surface area (Å²) >= 11 is 5.75. The van der Waals surface area contributed by atoms with Crippen LogP contribution in [-0.4, -0.2) is 50.2 Å². The molecule has 0 radical (unpaired) electrons. The van der Waals surface area contributed by atoms with Crippen LogP contribution in [0.3, 0.4) is 0 Å². The molecule has 1 rings (SSSR count). The van der Waals surface area contributed by atoms with E-state index in [1.54, 1.807) is 14.0 Å². The Labute approximate surface area is 112 Å². The first-order valence-corrected chi connectivity index (χ1v) is 7.47. The van der Waals surface area contributed by atoms with E-state index in [1.165, 1.54) is 11.4 Å². The van der Waals surface area contributed by atoms with E-state index in [9.17, 15) is 8.42 Å². The number of ether oxygens (including phenoxy) is 1. The molecule has 0 bridgehead atoms. The van der Waals surface area contributed by atoms with Gasteiger partial charge in [0, 0.05) is 38.6 Å². The number of H-pyrrole nitrogens is 1. The minimum atomic E-state index is -3.59. The summed E-state index contributed by atoms with van der Waals surface area (Å²) in [5.41, 5.74) is 1.20. The number of aromatic amines is 1. The Hall–Kier alpha value is -0.630. The van der Waals surface area contributed by atoms with E-state index in [-0.39, 0.29) is 10.9 Å². The normalized spacial score (nSPS) is 12.3. The molecule has 104 valence electrons. The first-order valence-electron chi connectivity index (χ1n) is 5.50. The Balaban J connectivity index is 2.91. The van der Waals surface area contributed by atoms with Gasteiger partial charge in [-0.25, -0.2) is 8.42 Å². The number of sulfonamides is 1. The number of hydrogen-bond donors (Lipinski definition) is 1. The molecule has 1 aromatic heterocycles. The minimum Gasteiger partial charge on any atom is -0.385 e. The molecule has 0 aliphatic rings. The van der Waals surface area contributed by atoms with Crippen molar-refractivity contribution in [3.05, 3.63) is 11.3 Å².